The van der Waals surface area contributed by atoms with Crippen LogP contribution in [-0.4, -0.2) is 24.1 Å². The Balaban J connectivity index is 1.59. The van der Waals surface area contributed by atoms with Crippen LogP contribution in [0.25, 0.3) is 0 Å². The van der Waals surface area contributed by atoms with E-state index in [-0.39, 0.29) is 0 Å². The van der Waals surface area contributed by atoms with Gasteiger partial charge in [-0.25, -0.2) is 9.59 Å². The minimum atomic E-state index is -1.31. The van der Waals surface area contributed by atoms with Crippen molar-refractivity contribution in [3.8, 4) is 23.0 Å². The first-order valence-electron chi connectivity index (χ1n) is 8.66. The first-order valence-corrected chi connectivity index (χ1v) is 8.66. The lowest BCUT2D eigenvalue weighted by Crippen LogP contribution is -2.52. The molecule has 0 saturated heterocycles. The topological polar surface area (TPSA) is 71.1 Å². The van der Waals surface area contributed by atoms with Gasteiger partial charge in [0.25, 0.3) is 0 Å². The molecule has 3 aromatic carbocycles. The lowest BCUT2D eigenvalue weighted by Gasteiger charge is -2.30. The fraction of sp³-hybridized carbons (Fsp3) is 0.0909. The zero-order chi connectivity index (χ0) is 19.3. The van der Waals surface area contributed by atoms with Crippen molar-refractivity contribution in [2.24, 2.45) is 0 Å². The molecule has 0 aromatic heterocycles. The van der Waals surface area contributed by atoms with Gasteiger partial charge in [-0.3, -0.25) is 0 Å². The van der Waals surface area contributed by atoms with Crippen molar-refractivity contribution in [2.75, 3.05) is 0 Å². The Morgan fingerprint density at radius 3 is 1.32 bits per heavy atom. The summed E-state index contributed by atoms with van der Waals surface area (Å²) in [5, 5.41) is 0. The molecule has 28 heavy (non-hydrogen) atoms. The molecule has 2 unspecified atom stereocenters. The van der Waals surface area contributed by atoms with Crippen molar-refractivity contribution in [3.63, 3.8) is 0 Å². The van der Waals surface area contributed by atoms with Crippen LogP contribution in [0.4, 0.5) is 0 Å². The van der Waals surface area contributed by atoms with E-state index in [1.807, 2.05) is 0 Å². The van der Waals surface area contributed by atoms with Crippen molar-refractivity contribution < 1.29 is 28.5 Å². The Hall–Kier alpha value is -3.80. The third-order valence-electron chi connectivity index (χ3n) is 4.02. The van der Waals surface area contributed by atoms with E-state index in [9.17, 15) is 9.59 Å². The maximum atomic E-state index is 12.7. The summed E-state index contributed by atoms with van der Waals surface area (Å²) in [6, 6.07) is 23.8. The number of ether oxygens (including phenoxy) is 4. The van der Waals surface area contributed by atoms with Crippen molar-refractivity contribution in [1.29, 1.82) is 0 Å². The maximum absolute atomic E-state index is 12.7. The minimum absolute atomic E-state index is 0.338. The highest BCUT2D eigenvalue weighted by molar-refractivity contribution is 5.89. The number of fused-ring (bicyclic) bond motifs is 1. The van der Waals surface area contributed by atoms with Gasteiger partial charge in [-0.2, -0.15) is 0 Å². The molecule has 6 nitrogen and oxygen atoms in total. The number of benzene rings is 3. The van der Waals surface area contributed by atoms with E-state index in [2.05, 4.69) is 0 Å². The average molecular weight is 376 g/mol. The van der Waals surface area contributed by atoms with E-state index in [4.69, 9.17) is 18.9 Å². The van der Waals surface area contributed by atoms with Gasteiger partial charge in [0.2, 0.25) is 12.2 Å². The molecular formula is C22H16O6. The fourth-order valence-corrected chi connectivity index (χ4v) is 2.71. The lowest BCUT2D eigenvalue weighted by atomic mass is 10.1. The van der Waals surface area contributed by atoms with Crippen LogP contribution < -0.4 is 18.9 Å². The normalized spacial score (nSPS) is 17.4. The van der Waals surface area contributed by atoms with Crippen molar-refractivity contribution >= 4 is 11.9 Å². The molecule has 0 spiro atoms. The van der Waals surface area contributed by atoms with Crippen LogP contribution in [0.2, 0.25) is 0 Å². The highest BCUT2D eigenvalue weighted by Gasteiger charge is 2.44. The SMILES string of the molecule is O=C(Oc1ccccc1)C1Oc2ccccc2OC1C(=O)Oc1ccccc1. The Labute approximate surface area is 161 Å². The number of para-hydroxylation sites is 4. The number of hydrogen-bond donors (Lipinski definition) is 0. The van der Waals surface area contributed by atoms with E-state index >= 15 is 0 Å². The fourth-order valence-electron chi connectivity index (χ4n) is 2.71. The van der Waals surface area contributed by atoms with Crippen LogP contribution in [0.3, 0.4) is 0 Å². The molecule has 3 aromatic rings. The Kier molecular flexibility index (Phi) is 4.93. The van der Waals surface area contributed by atoms with Gasteiger partial charge in [-0.05, 0) is 36.4 Å². The van der Waals surface area contributed by atoms with Gasteiger partial charge in [0.15, 0.2) is 11.5 Å². The lowest BCUT2D eigenvalue weighted by molar-refractivity contribution is -0.161. The number of esters is 2. The van der Waals surface area contributed by atoms with E-state index in [1.54, 1.807) is 84.9 Å². The molecule has 140 valence electrons. The standard InChI is InChI=1S/C22H16O6/c23-21(25-15-9-3-1-4-10-15)19-20(22(24)26-16-11-5-2-6-12-16)28-18-14-8-7-13-17(18)27-19/h1-14,19-20H. The summed E-state index contributed by atoms with van der Waals surface area (Å²) >= 11 is 0. The smallest absolute Gasteiger partial charge is 0.357 e. The maximum Gasteiger partial charge on any atom is 0.357 e. The van der Waals surface area contributed by atoms with Gasteiger partial charge < -0.3 is 18.9 Å². The highest BCUT2D eigenvalue weighted by Crippen LogP contribution is 2.34. The van der Waals surface area contributed by atoms with E-state index in [0.717, 1.165) is 0 Å². The number of carbonyl (C=O) groups excluding carboxylic acids is 2. The molecule has 0 aliphatic carbocycles. The molecule has 6 heteroatoms. The zero-order valence-electron chi connectivity index (χ0n) is 14.7. The van der Waals surface area contributed by atoms with Crippen LogP contribution in [0.1, 0.15) is 0 Å². The van der Waals surface area contributed by atoms with Crippen LogP contribution >= 0.6 is 0 Å². The molecule has 0 N–H and O–H groups in total. The van der Waals surface area contributed by atoms with Gasteiger partial charge in [-0.1, -0.05) is 48.5 Å². The van der Waals surface area contributed by atoms with Crippen molar-refractivity contribution in [2.45, 2.75) is 12.2 Å². The van der Waals surface area contributed by atoms with Crippen molar-refractivity contribution in [1.82, 2.24) is 0 Å². The summed E-state index contributed by atoms with van der Waals surface area (Å²) < 4.78 is 22.2. The zero-order valence-corrected chi connectivity index (χ0v) is 14.7. The van der Waals surface area contributed by atoms with Crippen LogP contribution in [-0.2, 0) is 9.59 Å². The second kappa shape index (κ2) is 7.84. The van der Waals surface area contributed by atoms with Crippen LogP contribution in [0.15, 0.2) is 84.9 Å². The number of carbonyl (C=O) groups is 2. The summed E-state index contributed by atoms with van der Waals surface area (Å²) in [6.45, 7) is 0. The average Bonchev–Trinajstić information content (AvgIpc) is 2.74. The quantitative estimate of drug-likeness (QED) is 0.513. The summed E-state index contributed by atoms with van der Waals surface area (Å²) in [4.78, 5) is 25.4. The third kappa shape index (κ3) is 3.81. The molecule has 2 atom stereocenters. The highest BCUT2D eigenvalue weighted by atomic mass is 16.6. The second-order valence-electron chi connectivity index (χ2n) is 5.99. The van der Waals surface area contributed by atoms with Crippen LogP contribution in [0.5, 0.6) is 23.0 Å². The summed E-state index contributed by atoms with van der Waals surface area (Å²) in [7, 11) is 0. The molecule has 0 amide bonds. The Morgan fingerprint density at radius 2 is 0.929 bits per heavy atom. The molecule has 1 heterocycles. The van der Waals surface area contributed by atoms with E-state index < -0.39 is 24.1 Å². The molecule has 0 bridgehead atoms. The monoisotopic (exact) mass is 376 g/mol. The predicted molar refractivity (Wildman–Crippen MR) is 99.4 cm³/mol. The first-order chi connectivity index (χ1) is 13.7. The first kappa shape index (κ1) is 17.6. The number of hydrogen-bond acceptors (Lipinski definition) is 6. The van der Waals surface area contributed by atoms with Gasteiger partial charge in [-0.15, -0.1) is 0 Å². The van der Waals surface area contributed by atoms with Crippen LogP contribution in [0, 0.1) is 0 Å². The Morgan fingerprint density at radius 1 is 0.571 bits per heavy atom. The summed E-state index contributed by atoms with van der Waals surface area (Å²) in [5.74, 6) is -0.135. The summed E-state index contributed by atoms with van der Waals surface area (Å²) in [5.41, 5.74) is 0. The Bertz CT molecular complexity index is 890. The summed E-state index contributed by atoms with van der Waals surface area (Å²) in [6.07, 6.45) is -2.63. The largest absolute Gasteiger partial charge is 0.470 e. The minimum Gasteiger partial charge on any atom is -0.470 e. The van der Waals surface area contributed by atoms with Gasteiger partial charge in [0, 0.05) is 0 Å². The molecule has 4 rings (SSSR count). The number of rotatable bonds is 4. The molecule has 0 radical (unpaired) electrons. The molecule has 0 fully saturated rings. The molecule has 0 saturated carbocycles. The third-order valence-corrected chi connectivity index (χ3v) is 4.02. The molecular weight excluding hydrogens is 360 g/mol. The van der Waals surface area contributed by atoms with E-state index in [1.165, 1.54) is 0 Å². The molecule has 1 aliphatic heterocycles. The predicted octanol–water partition coefficient (Wildman–Crippen LogP) is 3.41. The van der Waals surface area contributed by atoms with Gasteiger partial charge >= 0.3 is 11.9 Å². The van der Waals surface area contributed by atoms with Crippen molar-refractivity contribution in [3.05, 3.63) is 84.9 Å². The molecule has 1 aliphatic rings. The van der Waals surface area contributed by atoms with Gasteiger partial charge in [0.1, 0.15) is 11.5 Å². The second-order valence-corrected chi connectivity index (χ2v) is 5.99. The van der Waals surface area contributed by atoms with Gasteiger partial charge in [0.05, 0.1) is 0 Å². The van der Waals surface area contributed by atoms with E-state index in [0.29, 0.717) is 23.0 Å².